The fourth-order valence-electron chi connectivity index (χ4n) is 6.29. The first-order chi connectivity index (χ1) is 20.8. The molecule has 3 heterocycles. The summed E-state index contributed by atoms with van der Waals surface area (Å²) >= 11 is 3.70. The number of pyridine rings is 2. The van der Waals surface area contributed by atoms with Gasteiger partial charge in [-0.1, -0.05) is 48.5 Å². The van der Waals surface area contributed by atoms with Crippen molar-refractivity contribution in [2.75, 3.05) is 11.5 Å². The lowest BCUT2D eigenvalue weighted by Crippen LogP contribution is -2.11. The van der Waals surface area contributed by atoms with Crippen molar-refractivity contribution in [2.24, 2.45) is 0 Å². The van der Waals surface area contributed by atoms with Crippen molar-refractivity contribution in [3.8, 4) is 5.88 Å². The molecule has 5 nitrogen and oxygen atoms in total. The average Bonchev–Trinajstić information content (AvgIpc) is 3.05. The Morgan fingerprint density at radius 2 is 1.45 bits per heavy atom. The molecule has 2 aliphatic carbocycles. The first kappa shape index (κ1) is 27.4. The molecular weight excluding hydrogens is 557 g/mol. The summed E-state index contributed by atoms with van der Waals surface area (Å²) in [5.41, 5.74) is 7.58. The maximum absolute atomic E-state index is 6.08. The standard InChI is InChI=1S/C35H34N4OS2/c1-3-13-30-24(7-1)9-5-11-26(30)21-41-29-17-18-36-33(19-29)40-20-28-15-16-32-34(39-28)37-23-38-35(32)42-22-27-12-6-10-25-8-2-4-14-31(25)27/h1-4,7-8,13-19,23,26-27H,5-6,9-12,20-22H2. The highest BCUT2D eigenvalue weighted by Crippen LogP contribution is 2.37. The van der Waals surface area contributed by atoms with Crippen LogP contribution in [0, 0.1) is 0 Å². The zero-order valence-electron chi connectivity index (χ0n) is 23.6. The van der Waals surface area contributed by atoms with Gasteiger partial charge in [0, 0.05) is 28.7 Å². The monoisotopic (exact) mass is 590 g/mol. The van der Waals surface area contributed by atoms with Crippen LogP contribution in [0.5, 0.6) is 5.88 Å². The molecule has 3 aromatic heterocycles. The molecule has 5 aromatic rings. The van der Waals surface area contributed by atoms with Crippen molar-refractivity contribution < 1.29 is 4.74 Å². The van der Waals surface area contributed by atoms with Gasteiger partial charge in [-0.3, -0.25) is 0 Å². The van der Waals surface area contributed by atoms with Gasteiger partial charge in [0.1, 0.15) is 18.0 Å². The molecule has 2 atom stereocenters. The van der Waals surface area contributed by atoms with Gasteiger partial charge in [0.15, 0.2) is 5.65 Å². The minimum absolute atomic E-state index is 0.346. The fraction of sp³-hybridized carbons (Fsp3) is 0.314. The van der Waals surface area contributed by atoms with E-state index in [-0.39, 0.29) is 0 Å². The first-order valence-electron chi connectivity index (χ1n) is 14.9. The van der Waals surface area contributed by atoms with Gasteiger partial charge < -0.3 is 4.74 Å². The molecule has 7 rings (SSSR count). The molecule has 0 fully saturated rings. The molecular formula is C35H34N4OS2. The van der Waals surface area contributed by atoms with Gasteiger partial charge in [0.05, 0.1) is 11.1 Å². The van der Waals surface area contributed by atoms with Crippen LogP contribution >= 0.6 is 23.5 Å². The second-order valence-electron chi connectivity index (χ2n) is 11.2. The Bertz CT molecular complexity index is 1690. The zero-order chi connectivity index (χ0) is 28.1. The Kier molecular flexibility index (Phi) is 8.38. The van der Waals surface area contributed by atoms with Crippen molar-refractivity contribution in [2.45, 2.75) is 66.9 Å². The van der Waals surface area contributed by atoms with Crippen molar-refractivity contribution in [1.29, 1.82) is 0 Å². The first-order valence-corrected chi connectivity index (χ1v) is 16.9. The van der Waals surface area contributed by atoms with Crippen LogP contribution in [0.15, 0.2) is 95.2 Å². The SMILES string of the molecule is c1ccc2c(c1)CCCC2CSc1ccnc(OCc2ccc3c(SCC4CCCc5ccccc54)ncnc3n2)c1. The number of fused-ring (bicyclic) bond motifs is 3. The number of rotatable bonds is 9. The van der Waals surface area contributed by atoms with E-state index >= 15 is 0 Å². The molecule has 0 spiro atoms. The topological polar surface area (TPSA) is 60.8 Å². The van der Waals surface area contributed by atoms with E-state index in [9.17, 15) is 0 Å². The van der Waals surface area contributed by atoms with Crippen molar-refractivity contribution in [3.63, 3.8) is 0 Å². The highest BCUT2D eigenvalue weighted by atomic mass is 32.2. The van der Waals surface area contributed by atoms with Crippen molar-refractivity contribution >= 4 is 34.6 Å². The molecule has 42 heavy (non-hydrogen) atoms. The molecule has 0 amide bonds. The van der Waals surface area contributed by atoms with Gasteiger partial charge in [-0.25, -0.2) is 19.9 Å². The van der Waals surface area contributed by atoms with E-state index in [1.165, 1.54) is 65.7 Å². The minimum Gasteiger partial charge on any atom is -0.471 e. The second-order valence-corrected chi connectivity index (χ2v) is 13.3. The van der Waals surface area contributed by atoms with Gasteiger partial charge in [-0.15, -0.1) is 23.5 Å². The van der Waals surface area contributed by atoms with Crippen LogP contribution in [-0.4, -0.2) is 31.4 Å². The number of thioether (sulfide) groups is 2. The third kappa shape index (κ3) is 6.18. The molecule has 2 aromatic carbocycles. The normalized spacial score (nSPS) is 17.9. The molecule has 212 valence electrons. The van der Waals surface area contributed by atoms with Gasteiger partial charge in [0.2, 0.25) is 5.88 Å². The van der Waals surface area contributed by atoms with Crippen LogP contribution in [-0.2, 0) is 19.4 Å². The smallest absolute Gasteiger partial charge is 0.214 e. The quantitative estimate of drug-likeness (QED) is 0.126. The van der Waals surface area contributed by atoms with E-state index in [1.807, 2.05) is 41.9 Å². The molecule has 0 bridgehead atoms. The van der Waals surface area contributed by atoms with Crippen LogP contribution < -0.4 is 4.74 Å². The molecule has 0 aliphatic heterocycles. The number of hydrogen-bond acceptors (Lipinski definition) is 7. The second kappa shape index (κ2) is 12.8. The van der Waals surface area contributed by atoms with Crippen LogP contribution in [0.2, 0.25) is 0 Å². The summed E-state index contributed by atoms with van der Waals surface area (Å²) in [6, 6.07) is 26.0. The molecule has 0 N–H and O–H groups in total. The molecule has 0 radical (unpaired) electrons. The van der Waals surface area contributed by atoms with Crippen molar-refractivity contribution in [1.82, 2.24) is 19.9 Å². The molecule has 2 aliphatic rings. The highest BCUT2D eigenvalue weighted by Gasteiger charge is 2.21. The summed E-state index contributed by atoms with van der Waals surface area (Å²) in [5.74, 6) is 3.87. The summed E-state index contributed by atoms with van der Waals surface area (Å²) in [4.78, 5) is 19.5. The van der Waals surface area contributed by atoms with E-state index < -0.39 is 0 Å². The number of aryl methyl sites for hydroxylation is 2. The summed E-state index contributed by atoms with van der Waals surface area (Å²) in [5, 5.41) is 1.99. The van der Waals surface area contributed by atoms with E-state index in [0.29, 0.717) is 30.0 Å². The lowest BCUT2D eigenvalue weighted by Gasteiger charge is -2.25. The Balaban J connectivity index is 0.976. The van der Waals surface area contributed by atoms with Gasteiger partial charge in [0.25, 0.3) is 0 Å². The third-order valence-electron chi connectivity index (χ3n) is 8.45. The molecule has 2 unspecified atom stereocenters. The predicted molar refractivity (Wildman–Crippen MR) is 172 cm³/mol. The number of hydrogen-bond donors (Lipinski definition) is 0. The van der Waals surface area contributed by atoms with E-state index in [2.05, 4.69) is 75.6 Å². The van der Waals surface area contributed by atoms with Crippen LogP contribution in [0.1, 0.15) is 65.5 Å². The number of ether oxygens (including phenoxy) is 1. The summed E-state index contributed by atoms with van der Waals surface area (Å²) in [7, 11) is 0. The Morgan fingerprint density at radius 1 is 0.738 bits per heavy atom. The Morgan fingerprint density at radius 3 is 2.21 bits per heavy atom. The zero-order valence-corrected chi connectivity index (χ0v) is 25.2. The Hall–Kier alpha value is -3.42. The summed E-state index contributed by atoms with van der Waals surface area (Å²) in [6.45, 7) is 0.346. The van der Waals surface area contributed by atoms with E-state index in [0.717, 1.165) is 27.6 Å². The molecule has 7 heteroatoms. The third-order valence-corrected chi connectivity index (χ3v) is 10.8. The number of benzene rings is 2. The lowest BCUT2D eigenvalue weighted by atomic mass is 9.84. The average molecular weight is 591 g/mol. The Labute approximate surface area is 256 Å². The largest absolute Gasteiger partial charge is 0.471 e. The minimum atomic E-state index is 0.346. The summed E-state index contributed by atoms with van der Waals surface area (Å²) in [6.07, 6.45) is 10.9. The number of aromatic nitrogens is 4. The maximum Gasteiger partial charge on any atom is 0.214 e. The molecule has 0 saturated carbocycles. The van der Waals surface area contributed by atoms with E-state index in [1.54, 1.807) is 6.33 Å². The van der Waals surface area contributed by atoms with Gasteiger partial charge >= 0.3 is 0 Å². The highest BCUT2D eigenvalue weighted by molar-refractivity contribution is 7.99. The fourth-order valence-corrected chi connectivity index (χ4v) is 8.52. The summed E-state index contributed by atoms with van der Waals surface area (Å²) < 4.78 is 6.08. The van der Waals surface area contributed by atoms with Crippen LogP contribution in [0.3, 0.4) is 0 Å². The lowest BCUT2D eigenvalue weighted by molar-refractivity contribution is 0.289. The van der Waals surface area contributed by atoms with Gasteiger partial charge in [-0.05, 0) is 90.8 Å². The maximum atomic E-state index is 6.08. The van der Waals surface area contributed by atoms with Crippen LogP contribution in [0.4, 0.5) is 0 Å². The van der Waals surface area contributed by atoms with Crippen LogP contribution in [0.25, 0.3) is 11.0 Å². The predicted octanol–water partition coefficient (Wildman–Crippen LogP) is 8.42. The number of nitrogens with zero attached hydrogens (tertiary/aromatic N) is 4. The van der Waals surface area contributed by atoms with Crippen molar-refractivity contribution in [3.05, 3.63) is 113 Å². The van der Waals surface area contributed by atoms with Gasteiger partial charge in [-0.2, -0.15) is 0 Å². The van der Waals surface area contributed by atoms with E-state index in [4.69, 9.17) is 9.72 Å². The molecule has 0 saturated heterocycles.